The summed E-state index contributed by atoms with van der Waals surface area (Å²) in [5, 5.41) is 12.2. The molecule has 0 fully saturated rings. The first-order chi connectivity index (χ1) is 11.1. The zero-order valence-corrected chi connectivity index (χ0v) is 13.0. The highest BCUT2D eigenvalue weighted by atomic mass is 32.2. The van der Waals surface area contributed by atoms with Gasteiger partial charge in [-0.2, -0.15) is 0 Å². The lowest BCUT2D eigenvalue weighted by Gasteiger charge is -2.14. The number of nitrogens with one attached hydrogen (secondary N) is 1. The number of aryl methyl sites for hydroxylation is 2. The lowest BCUT2D eigenvalue weighted by atomic mass is 10.1. The first-order valence-electron chi connectivity index (χ1n) is 7.38. The standard InChI is InChI=1S/C14H15N5O3S/c20-23(21,14-9-10-3-1-2-4-12(10)22-14)16-11-5-6-13-15-17-18-19(13)8-7-11/h1-4,9,11,16H,5-8H2. The predicted molar refractivity (Wildman–Crippen MR) is 81.1 cm³/mol. The number of nitrogens with zero attached hydrogens (tertiary/aromatic N) is 4. The van der Waals surface area contributed by atoms with Gasteiger partial charge in [0.1, 0.15) is 5.58 Å². The van der Waals surface area contributed by atoms with Crippen LogP contribution in [0.2, 0.25) is 0 Å². The number of furan rings is 1. The van der Waals surface area contributed by atoms with E-state index in [2.05, 4.69) is 20.2 Å². The second-order valence-corrected chi connectivity index (χ2v) is 7.21. The van der Waals surface area contributed by atoms with Gasteiger partial charge in [-0.05, 0) is 29.3 Å². The van der Waals surface area contributed by atoms with Crippen LogP contribution in [-0.2, 0) is 23.0 Å². The van der Waals surface area contributed by atoms with E-state index in [1.807, 2.05) is 18.2 Å². The first kappa shape index (κ1) is 14.3. The van der Waals surface area contributed by atoms with Gasteiger partial charge >= 0.3 is 0 Å². The van der Waals surface area contributed by atoms with Crippen molar-refractivity contribution < 1.29 is 12.8 Å². The minimum atomic E-state index is -3.69. The maximum Gasteiger partial charge on any atom is 0.274 e. The van der Waals surface area contributed by atoms with Gasteiger partial charge in [0.05, 0.1) is 0 Å². The topological polar surface area (TPSA) is 103 Å². The van der Waals surface area contributed by atoms with Crippen LogP contribution in [0.1, 0.15) is 18.7 Å². The molecule has 8 nitrogen and oxygen atoms in total. The van der Waals surface area contributed by atoms with Gasteiger partial charge in [-0.15, -0.1) is 5.10 Å². The molecule has 120 valence electrons. The average molecular weight is 333 g/mol. The molecule has 4 rings (SSSR count). The van der Waals surface area contributed by atoms with E-state index in [-0.39, 0.29) is 11.1 Å². The molecule has 1 N–H and O–H groups in total. The quantitative estimate of drug-likeness (QED) is 0.770. The van der Waals surface area contributed by atoms with Crippen LogP contribution < -0.4 is 4.72 Å². The molecule has 0 saturated heterocycles. The SMILES string of the molecule is O=S(=O)(NC1CCc2nnnn2CC1)c1cc2ccccc2o1. The van der Waals surface area contributed by atoms with Crippen LogP contribution >= 0.6 is 0 Å². The molecule has 1 aliphatic heterocycles. The summed E-state index contributed by atoms with van der Waals surface area (Å²) in [7, 11) is -3.69. The maximum absolute atomic E-state index is 12.5. The minimum absolute atomic E-state index is 0.0551. The van der Waals surface area contributed by atoms with Crippen LogP contribution in [0.3, 0.4) is 0 Å². The smallest absolute Gasteiger partial charge is 0.274 e. The molecule has 9 heteroatoms. The van der Waals surface area contributed by atoms with Gasteiger partial charge in [0.25, 0.3) is 10.0 Å². The Morgan fingerprint density at radius 2 is 2.13 bits per heavy atom. The highest BCUT2D eigenvalue weighted by Crippen LogP contribution is 2.23. The van der Waals surface area contributed by atoms with Crippen molar-refractivity contribution in [2.24, 2.45) is 0 Å². The van der Waals surface area contributed by atoms with Crippen molar-refractivity contribution in [3.63, 3.8) is 0 Å². The number of fused-ring (bicyclic) bond motifs is 2. The molecule has 3 heterocycles. The van der Waals surface area contributed by atoms with Crippen molar-refractivity contribution in [1.29, 1.82) is 0 Å². The summed E-state index contributed by atoms with van der Waals surface area (Å²) in [6.07, 6.45) is 1.93. The van der Waals surface area contributed by atoms with E-state index in [4.69, 9.17) is 4.42 Å². The molecule has 0 saturated carbocycles. The molecule has 2 aromatic heterocycles. The fourth-order valence-electron chi connectivity index (χ4n) is 2.79. The zero-order chi connectivity index (χ0) is 15.9. The third-order valence-electron chi connectivity index (χ3n) is 4.00. The van der Waals surface area contributed by atoms with Crippen LogP contribution in [0.5, 0.6) is 0 Å². The Morgan fingerprint density at radius 1 is 1.26 bits per heavy atom. The molecule has 23 heavy (non-hydrogen) atoms. The molecule has 3 aromatic rings. The number of para-hydroxylation sites is 1. The highest BCUT2D eigenvalue weighted by Gasteiger charge is 2.26. The van der Waals surface area contributed by atoms with Gasteiger partial charge in [0.2, 0.25) is 5.09 Å². The van der Waals surface area contributed by atoms with E-state index >= 15 is 0 Å². The zero-order valence-electron chi connectivity index (χ0n) is 12.2. The van der Waals surface area contributed by atoms with E-state index in [1.54, 1.807) is 16.8 Å². The molecule has 1 unspecified atom stereocenters. The summed E-state index contributed by atoms with van der Waals surface area (Å²) in [6.45, 7) is 0.593. The number of sulfonamides is 1. The Kier molecular flexibility index (Phi) is 3.38. The summed E-state index contributed by atoms with van der Waals surface area (Å²) >= 11 is 0. The van der Waals surface area contributed by atoms with Crippen LogP contribution in [0.25, 0.3) is 11.0 Å². The molecular formula is C14H15N5O3S. The summed E-state index contributed by atoms with van der Waals surface area (Å²) in [4.78, 5) is 0. The number of benzene rings is 1. The van der Waals surface area contributed by atoms with Crippen molar-refractivity contribution in [2.75, 3.05) is 0 Å². The molecule has 1 aromatic carbocycles. The largest absolute Gasteiger partial charge is 0.443 e. The molecule has 0 bridgehead atoms. The lowest BCUT2D eigenvalue weighted by molar-refractivity contribution is 0.449. The van der Waals surface area contributed by atoms with Crippen molar-refractivity contribution in [1.82, 2.24) is 24.9 Å². The number of aromatic nitrogens is 4. The Morgan fingerprint density at radius 3 is 3.00 bits per heavy atom. The van der Waals surface area contributed by atoms with Crippen molar-refractivity contribution >= 4 is 21.0 Å². The van der Waals surface area contributed by atoms with Crippen molar-refractivity contribution in [3.05, 3.63) is 36.2 Å². The molecular weight excluding hydrogens is 318 g/mol. The van der Waals surface area contributed by atoms with Crippen LogP contribution in [0, 0.1) is 0 Å². The molecule has 0 amide bonds. The molecule has 0 spiro atoms. The second kappa shape index (κ2) is 5.43. The first-order valence-corrected chi connectivity index (χ1v) is 8.86. The summed E-state index contributed by atoms with van der Waals surface area (Å²) < 4.78 is 35.0. The van der Waals surface area contributed by atoms with E-state index in [9.17, 15) is 8.42 Å². The maximum atomic E-state index is 12.5. The third-order valence-corrected chi connectivity index (χ3v) is 5.38. The number of rotatable bonds is 3. The van der Waals surface area contributed by atoms with Crippen LogP contribution in [0.15, 0.2) is 39.8 Å². The van der Waals surface area contributed by atoms with Gasteiger partial charge in [0, 0.05) is 30.5 Å². The van der Waals surface area contributed by atoms with Crippen LogP contribution in [0.4, 0.5) is 0 Å². The van der Waals surface area contributed by atoms with E-state index in [1.165, 1.54) is 0 Å². The van der Waals surface area contributed by atoms with Gasteiger partial charge in [-0.3, -0.25) is 0 Å². The van der Waals surface area contributed by atoms with Gasteiger partial charge in [0.15, 0.2) is 5.82 Å². The minimum Gasteiger partial charge on any atom is -0.443 e. The summed E-state index contributed by atoms with van der Waals surface area (Å²) in [5.41, 5.74) is 0.559. The molecule has 1 atom stereocenters. The van der Waals surface area contributed by atoms with Crippen molar-refractivity contribution in [3.8, 4) is 0 Å². The normalized spacial score (nSPS) is 18.7. The van der Waals surface area contributed by atoms with E-state index in [0.717, 1.165) is 11.2 Å². The van der Waals surface area contributed by atoms with E-state index in [0.29, 0.717) is 31.4 Å². The second-order valence-electron chi connectivity index (χ2n) is 5.57. The summed E-state index contributed by atoms with van der Waals surface area (Å²) in [6, 6.07) is 8.58. The fourth-order valence-corrected chi connectivity index (χ4v) is 4.06. The number of hydrogen-bond acceptors (Lipinski definition) is 6. The molecule has 0 aliphatic carbocycles. The average Bonchev–Trinajstić information content (AvgIpc) is 3.13. The van der Waals surface area contributed by atoms with Crippen molar-refractivity contribution in [2.45, 2.75) is 36.9 Å². The monoisotopic (exact) mass is 333 g/mol. The van der Waals surface area contributed by atoms with Gasteiger partial charge in [-0.1, -0.05) is 18.2 Å². The Balaban J connectivity index is 1.54. The Labute approximate surface area is 132 Å². The summed E-state index contributed by atoms with van der Waals surface area (Å²) in [5.74, 6) is 0.787. The number of hydrogen-bond donors (Lipinski definition) is 1. The third kappa shape index (κ3) is 2.73. The fraction of sp³-hybridized carbons (Fsp3) is 0.357. The predicted octanol–water partition coefficient (Wildman–Crippen LogP) is 1.10. The van der Waals surface area contributed by atoms with Gasteiger partial charge in [-0.25, -0.2) is 17.8 Å². The molecule has 1 aliphatic rings. The van der Waals surface area contributed by atoms with E-state index < -0.39 is 10.0 Å². The Bertz CT molecular complexity index is 891. The molecule has 0 radical (unpaired) electrons. The van der Waals surface area contributed by atoms with Crippen LogP contribution in [-0.4, -0.2) is 34.7 Å². The number of tetrazole rings is 1. The lowest BCUT2D eigenvalue weighted by Crippen LogP contribution is -2.35. The highest BCUT2D eigenvalue weighted by molar-refractivity contribution is 7.89. The Hall–Kier alpha value is -2.26. The van der Waals surface area contributed by atoms with Gasteiger partial charge < -0.3 is 4.42 Å².